The first kappa shape index (κ1) is 47.3. The van der Waals surface area contributed by atoms with Crippen molar-refractivity contribution in [1.82, 2.24) is 4.90 Å². The molecule has 0 spiro atoms. The van der Waals surface area contributed by atoms with Gasteiger partial charge in [-0.1, -0.05) is 140 Å². The molecule has 0 aromatic heterocycles. The summed E-state index contributed by atoms with van der Waals surface area (Å²) in [5.74, 6) is -1.26. The molecular formula is C44H81NO4. The Bertz CT molecular complexity index is 770. The highest BCUT2D eigenvalue weighted by molar-refractivity contribution is 5.71. The summed E-state index contributed by atoms with van der Waals surface area (Å²) in [4.78, 5) is 13.5. The molecule has 5 nitrogen and oxygen atoms in total. The largest absolute Gasteiger partial charge is 0.468 e. The number of unbranched alkanes of at least 4 members (excludes halogenated alkanes) is 18. The molecule has 1 N–H and O–H groups in total. The van der Waals surface area contributed by atoms with Gasteiger partial charge in [0.1, 0.15) is 0 Å². The second-order valence-corrected chi connectivity index (χ2v) is 14.1. The summed E-state index contributed by atoms with van der Waals surface area (Å²) in [6.45, 7) is 6.03. The van der Waals surface area contributed by atoms with Crippen molar-refractivity contribution in [3.05, 3.63) is 48.6 Å². The normalized spacial score (nSPS) is 12.6. The van der Waals surface area contributed by atoms with Crippen molar-refractivity contribution < 1.29 is 19.4 Å². The fourth-order valence-corrected chi connectivity index (χ4v) is 6.01. The zero-order valence-electron chi connectivity index (χ0n) is 33.0. The maximum absolute atomic E-state index is 11.5. The number of allylic oxidation sites excluding steroid dienone is 8. The highest BCUT2D eigenvalue weighted by atomic mass is 16.6. The lowest BCUT2D eigenvalue weighted by atomic mass is 9.98. The average Bonchev–Trinajstić information content (AvgIpc) is 3.09. The summed E-state index contributed by atoms with van der Waals surface area (Å²) >= 11 is 0. The smallest absolute Gasteiger partial charge is 0.319 e. The quantitative estimate of drug-likeness (QED) is 0.0305. The molecule has 0 saturated carbocycles. The molecule has 0 saturated heterocycles. The highest BCUT2D eigenvalue weighted by Gasteiger charge is 2.26. The topological polar surface area (TPSA) is 59.0 Å². The number of carbonyl (C=O) groups excluding carboxylic acids is 1. The van der Waals surface area contributed by atoms with Gasteiger partial charge in [0.2, 0.25) is 0 Å². The van der Waals surface area contributed by atoms with Crippen LogP contribution in [0.3, 0.4) is 0 Å². The van der Waals surface area contributed by atoms with Crippen LogP contribution in [0.2, 0.25) is 0 Å². The highest BCUT2D eigenvalue weighted by Crippen LogP contribution is 2.25. The van der Waals surface area contributed by atoms with Gasteiger partial charge in [0.25, 0.3) is 0 Å². The van der Waals surface area contributed by atoms with Gasteiger partial charge in [0.15, 0.2) is 5.79 Å². The molecular weight excluding hydrogens is 606 g/mol. The number of hydrogen-bond acceptors (Lipinski definition) is 5. The van der Waals surface area contributed by atoms with Gasteiger partial charge >= 0.3 is 5.97 Å². The van der Waals surface area contributed by atoms with Crippen LogP contribution in [0.25, 0.3) is 0 Å². The molecule has 0 aliphatic rings. The fraction of sp³-hybridized carbons (Fsp3) is 0.795. The Morgan fingerprint density at radius 3 is 1.37 bits per heavy atom. The van der Waals surface area contributed by atoms with E-state index in [4.69, 9.17) is 9.47 Å². The number of likely N-dealkylation sites (N-methyl/N-ethyl adjacent to an activating group) is 1. The minimum absolute atomic E-state index is 0.227. The van der Waals surface area contributed by atoms with Crippen LogP contribution in [-0.2, 0) is 14.3 Å². The van der Waals surface area contributed by atoms with Crippen LogP contribution in [0.15, 0.2) is 48.6 Å². The Labute approximate surface area is 305 Å². The van der Waals surface area contributed by atoms with Gasteiger partial charge in [-0.05, 0) is 90.5 Å². The first-order valence-electron chi connectivity index (χ1n) is 20.7. The number of hydrogen-bond donors (Lipinski definition) is 1. The first-order chi connectivity index (χ1) is 24.0. The zero-order chi connectivity index (χ0) is 35.9. The van der Waals surface area contributed by atoms with Crippen LogP contribution in [0, 0.1) is 0 Å². The monoisotopic (exact) mass is 688 g/mol. The molecule has 5 heteroatoms. The van der Waals surface area contributed by atoms with Crippen molar-refractivity contribution in [2.24, 2.45) is 0 Å². The van der Waals surface area contributed by atoms with Gasteiger partial charge in [0, 0.05) is 19.4 Å². The third kappa shape index (κ3) is 35.9. The molecule has 0 radical (unpaired) electrons. The molecule has 0 heterocycles. The van der Waals surface area contributed by atoms with Crippen molar-refractivity contribution in [3.8, 4) is 0 Å². The maximum Gasteiger partial charge on any atom is 0.319 e. The molecule has 0 atom stereocenters. The van der Waals surface area contributed by atoms with Crippen LogP contribution < -0.4 is 0 Å². The molecule has 49 heavy (non-hydrogen) atoms. The molecule has 0 bridgehead atoms. The molecule has 0 aromatic rings. The third-order valence-corrected chi connectivity index (χ3v) is 9.22. The van der Waals surface area contributed by atoms with Gasteiger partial charge in [-0.15, -0.1) is 0 Å². The molecule has 0 rings (SSSR count). The van der Waals surface area contributed by atoms with E-state index in [1.165, 1.54) is 123 Å². The second kappa shape index (κ2) is 37.6. The molecule has 0 amide bonds. The zero-order valence-corrected chi connectivity index (χ0v) is 33.0. The van der Waals surface area contributed by atoms with Crippen molar-refractivity contribution in [2.75, 3.05) is 33.9 Å². The number of ether oxygens (including phenoxy) is 2. The van der Waals surface area contributed by atoms with Crippen LogP contribution in [-0.4, -0.2) is 55.6 Å². The fourth-order valence-electron chi connectivity index (χ4n) is 6.01. The van der Waals surface area contributed by atoms with Gasteiger partial charge in [-0.3, -0.25) is 9.69 Å². The lowest BCUT2D eigenvalue weighted by molar-refractivity contribution is -0.214. The molecule has 0 unspecified atom stereocenters. The number of esters is 1. The first-order valence-corrected chi connectivity index (χ1v) is 20.7. The Balaban J connectivity index is 4.22. The number of methoxy groups -OCH3 is 1. The van der Waals surface area contributed by atoms with Gasteiger partial charge in [-0.2, -0.15) is 0 Å². The number of aliphatic hydroxyl groups is 1. The standard InChI is InChI=1S/C44H81NO4/c1-5-7-9-11-13-15-17-19-21-23-25-27-29-31-33-35-38-44(47,49-41-37-40-45(3)42-43(46)48-4)39-36-34-32-30-28-26-24-22-20-18-16-14-12-10-8-6-2/h13-16,19-22,47H,5-12,17-18,23-42H2,1-4H3/b15-13-,16-14-,21-19-,22-20-. The predicted octanol–water partition coefficient (Wildman–Crippen LogP) is 12.6. The summed E-state index contributed by atoms with van der Waals surface area (Å²) in [5, 5.41) is 11.5. The van der Waals surface area contributed by atoms with E-state index in [2.05, 4.69) is 62.5 Å². The summed E-state index contributed by atoms with van der Waals surface area (Å²) in [6.07, 6.45) is 50.0. The van der Waals surface area contributed by atoms with Crippen LogP contribution >= 0.6 is 0 Å². The van der Waals surface area contributed by atoms with Gasteiger partial charge in [0.05, 0.1) is 20.3 Å². The number of carbonyl (C=O) groups is 1. The minimum atomic E-state index is -1.04. The number of nitrogens with zero attached hydrogens (tertiary/aromatic N) is 1. The van der Waals surface area contributed by atoms with E-state index >= 15 is 0 Å². The Morgan fingerprint density at radius 2 is 0.959 bits per heavy atom. The van der Waals surface area contributed by atoms with Gasteiger partial charge < -0.3 is 14.6 Å². The molecule has 0 fully saturated rings. The maximum atomic E-state index is 11.5. The molecule has 0 aliphatic heterocycles. The van der Waals surface area contributed by atoms with E-state index in [0.717, 1.165) is 51.5 Å². The summed E-state index contributed by atoms with van der Waals surface area (Å²) in [5.41, 5.74) is 0. The summed E-state index contributed by atoms with van der Waals surface area (Å²) in [7, 11) is 3.33. The van der Waals surface area contributed by atoms with E-state index < -0.39 is 5.79 Å². The number of rotatable bonds is 37. The Morgan fingerprint density at radius 1 is 0.571 bits per heavy atom. The molecule has 286 valence electrons. The van der Waals surface area contributed by atoms with Crippen LogP contribution in [0.1, 0.15) is 187 Å². The van der Waals surface area contributed by atoms with E-state index in [1.54, 1.807) is 0 Å². The second-order valence-electron chi connectivity index (χ2n) is 14.1. The van der Waals surface area contributed by atoms with E-state index in [1.807, 2.05) is 11.9 Å². The van der Waals surface area contributed by atoms with Crippen LogP contribution in [0.4, 0.5) is 0 Å². The Kier molecular flexibility index (Phi) is 36.3. The van der Waals surface area contributed by atoms with Crippen molar-refractivity contribution in [1.29, 1.82) is 0 Å². The minimum Gasteiger partial charge on any atom is -0.468 e. The lowest BCUT2D eigenvalue weighted by Crippen LogP contribution is -2.34. The lowest BCUT2D eigenvalue weighted by Gasteiger charge is -2.29. The Hall–Kier alpha value is -1.69. The van der Waals surface area contributed by atoms with Crippen LogP contribution in [0.5, 0.6) is 0 Å². The average molecular weight is 688 g/mol. The molecule has 0 aromatic carbocycles. The van der Waals surface area contributed by atoms with Gasteiger partial charge in [-0.25, -0.2) is 0 Å². The summed E-state index contributed by atoms with van der Waals surface area (Å²) in [6, 6.07) is 0. The van der Waals surface area contributed by atoms with Crippen molar-refractivity contribution >= 4 is 5.97 Å². The SMILES string of the molecule is CCCCC/C=C\C/C=C\CCCCCCCCC(O)(CCCCCCCC/C=C\C/C=C\CCCCC)OCCCN(C)CC(=O)OC. The third-order valence-electron chi connectivity index (χ3n) is 9.22. The summed E-state index contributed by atoms with van der Waals surface area (Å²) < 4.78 is 10.9. The van der Waals surface area contributed by atoms with E-state index in [-0.39, 0.29) is 12.5 Å². The van der Waals surface area contributed by atoms with E-state index in [9.17, 15) is 9.90 Å². The van der Waals surface area contributed by atoms with Crippen molar-refractivity contribution in [3.63, 3.8) is 0 Å². The van der Waals surface area contributed by atoms with Crippen molar-refractivity contribution in [2.45, 2.75) is 193 Å². The predicted molar refractivity (Wildman–Crippen MR) is 213 cm³/mol. The molecule has 0 aliphatic carbocycles. The van der Waals surface area contributed by atoms with E-state index in [0.29, 0.717) is 19.4 Å².